The van der Waals surface area contributed by atoms with Crippen LogP contribution in [0.5, 0.6) is 0 Å². The highest BCUT2D eigenvalue weighted by atomic mass is 32.2. The number of carbonyl (C=O) groups is 2. The molecule has 2 aromatic rings. The van der Waals surface area contributed by atoms with Gasteiger partial charge in [-0.05, 0) is 22.9 Å². The van der Waals surface area contributed by atoms with Gasteiger partial charge >= 0.3 is 0 Å². The van der Waals surface area contributed by atoms with Gasteiger partial charge in [-0.1, -0.05) is 42.1 Å². The van der Waals surface area contributed by atoms with Crippen LogP contribution in [-0.2, 0) is 9.59 Å². The van der Waals surface area contributed by atoms with E-state index in [0.717, 1.165) is 22.5 Å². The summed E-state index contributed by atoms with van der Waals surface area (Å²) in [6.45, 7) is 0. The quantitative estimate of drug-likeness (QED) is 0.909. The number of thioether (sulfide) groups is 1. The molecule has 106 valence electrons. The van der Waals surface area contributed by atoms with E-state index in [2.05, 4.69) is 10.3 Å². The van der Waals surface area contributed by atoms with Gasteiger partial charge in [0.1, 0.15) is 5.25 Å². The lowest BCUT2D eigenvalue weighted by Crippen LogP contribution is -2.21. The van der Waals surface area contributed by atoms with Gasteiger partial charge in [0.2, 0.25) is 5.91 Å². The van der Waals surface area contributed by atoms with Crippen molar-refractivity contribution in [2.75, 3.05) is 5.32 Å². The molecular formula is C15H13N3O2S. The topological polar surface area (TPSA) is 84.5 Å². The number of nitrogens with zero attached hydrogens (tertiary/aromatic N) is 1. The maximum atomic E-state index is 12.0. The van der Waals surface area contributed by atoms with Gasteiger partial charge in [-0.3, -0.25) is 9.59 Å². The number of benzene rings is 2. The average Bonchev–Trinajstić information content (AvgIpc) is 2.76. The molecule has 0 aliphatic carbocycles. The van der Waals surface area contributed by atoms with Crippen LogP contribution in [0.3, 0.4) is 0 Å². The Morgan fingerprint density at radius 2 is 2.00 bits per heavy atom. The number of hydrogen-bond acceptors (Lipinski definition) is 4. The fourth-order valence-electron chi connectivity index (χ4n) is 2.18. The van der Waals surface area contributed by atoms with E-state index in [1.165, 1.54) is 0 Å². The number of nitrogens with two attached hydrogens (primary N) is 1. The molecule has 1 heterocycles. The van der Waals surface area contributed by atoms with Crippen LogP contribution >= 0.6 is 11.8 Å². The minimum absolute atomic E-state index is 0.0700. The molecule has 0 unspecified atom stereocenters. The number of amidine groups is 1. The second kappa shape index (κ2) is 5.57. The van der Waals surface area contributed by atoms with E-state index in [-0.39, 0.29) is 23.4 Å². The summed E-state index contributed by atoms with van der Waals surface area (Å²) >= 11 is 1.13. The Labute approximate surface area is 125 Å². The molecule has 1 aliphatic heterocycles. The first-order valence-electron chi connectivity index (χ1n) is 6.45. The summed E-state index contributed by atoms with van der Waals surface area (Å²) in [5.41, 5.74) is 6.18. The molecule has 21 heavy (non-hydrogen) atoms. The molecule has 0 saturated carbocycles. The third-order valence-electron chi connectivity index (χ3n) is 3.16. The zero-order valence-electron chi connectivity index (χ0n) is 11.1. The van der Waals surface area contributed by atoms with Crippen molar-refractivity contribution in [2.24, 2.45) is 10.7 Å². The second-order valence-electron chi connectivity index (χ2n) is 4.71. The molecule has 2 aromatic carbocycles. The lowest BCUT2D eigenvalue weighted by molar-refractivity contribution is -0.121. The number of nitrogens with one attached hydrogen (secondary N) is 1. The highest BCUT2D eigenvalue weighted by Gasteiger charge is 2.29. The Hall–Kier alpha value is -2.34. The average molecular weight is 299 g/mol. The Bertz CT molecular complexity index is 757. The molecule has 2 amide bonds. The molecule has 3 N–H and O–H groups in total. The van der Waals surface area contributed by atoms with Gasteiger partial charge in [-0.15, -0.1) is 0 Å². The SMILES string of the molecule is NC1=NC(=O)[C@@H](CC(=O)Nc2ccc3ccccc3c2)S1. The number of anilines is 1. The van der Waals surface area contributed by atoms with Gasteiger partial charge in [-0.2, -0.15) is 4.99 Å². The molecule has 0 saturated heterocycles. The summed E-state index contributed by atoms with van der Waals surface area (Å²) in [4.78, 5) is 27.1. The highest BCUT2D eigenvalue weighted by Crippen LogP contribution is 2.24. The summed E-state index contributed by atoms with van der Waals surface area (Å²) in [6, 6.07) is 13.6. The van der Waals surface area contributed by atoms with Crippen molar-refractivity contribution < 1.29 is 9.59 Å². The van der Waals surface area contributed by atoms with Gasteiger partial charge in [0.05, 0.1) is 0 Å². The third kappa shape index (κ3) is 3.05. The first-order valence-corrected chi connectivity index (χ1v) is 7.33. The Kier molecular flexibility index (Phi) is 3.62. The second-order valence-corrected chi connectivity index (χ2v) is 5.93. The predicted octanol–water partition coefficient (Wildman–Crippen LogP) is 2.13. The summed E-state index contributed by atoms with van der Waals surface area (Å²) in [5, 5.41) is 4.68. The summed E-state index contributed by atoms with van der Waals surface area (Å²) in [6.07, 6.45) is 0.0700. The van der Waals surface area contributed by atoms with Gasteiger partial charge in [0.25, 0.3) is 5.91 Å². The molecule has 0 fully saturated rings. The zero-order chi connectivity index (χ0) is 14.8. The number of amides is 2. The number of rotatable bonds is 3. The molecular weight excluding hydrogens is 286 g/mol. The lowest BCUT2D eigenvalue weighted by atomic mass is 10.1. The molecule has 0 radical (unpaired) electrons. The maximum Gasteiger partial charge on any atom is 0.262 e. The first-order chi connectivity index (χ1) is 10.1. The van der Waals surface area contributed by atoms with Crippen molar-refractivity contribution in [3.63, 3.8) is 0 Å². The van der Waals surface area contributed by atoms with Gasteiger partial charge in [0.15, 0.2) is 5.17 Å². The summed E-state index contributed by atoms with van der Waals surface area (Å²) < 4.78 is 0. The molecule has 0 aromatic heterocycles. The lowest BCUT2D eigenvalue weighted by Gasteiger charge is -2.08. The number of carbonyl (C=O) groups excluding carboxylic acids is 2. The largest absolute Gasteiger partial charge is 0.378 e. The fraction of sp³-hybridized carbons (Fsp3) is 0.133. The molecule has 6 heteroatoms. The van der Waals surface area contributed by atoms with Crippen molar-refractivity contribution in [3.05, 3.63) is 42.5 Å². The molecule has 0 bridgehead atoms. The number of aliphatic imine (C=N–C) groups is 1. The van der Waals surface area contributed by atoms with Crippen LogP contribution < -0.4 is 11.1 Å². The normalized spacial score (nSPS) is 17.8. The Balaban J connectivity index is 1.67. The monoisotopic (exact) mass is 299 g/mol. The number of hydrogen-bond donors (Lipinski definition) is 2. The van der Waals surface area contributed by atoms with Gasteiger partial charge in [-0.25, -0.2) is 0 Å². The Morgan fingerprint density at radius 3 is 2.71 bits per heavy atom. The molecule has 5 nitrogen and oxygen atoms in total. The van der Waals surface area contributed by atoms with E-state index in [1.54, 1.807) is 0 Å². The van der Waals surface area contributed by atoms with Crippen molar-refractivity contribution >= 4 is 45.2 Å². The van der Waals surface area contributed by atoms with Gasteiger partial charge < -0.3 is 11.1 Å². The van der Waals surface area contributed by atoms with E-state index < -0.39 is 5.25 Å². The van der Waals surface area contributed by atoms with Crippen LogP contribution in [-0.4, -0.2) is 22.2 Å². The minimum Gasteiger partial charge on any atom is -0.378 e. The van der Waals surface area contributed by atoms with Crippen molar-refractivity contribution in [2.45, 2.75) is 11.7 Å². The van der Waals surface area contributed by atoms with E-state index >= 15 is 0 Å². The van der Waals surface area contributed by atoms with E-state index in [0.29, 0.717) is 5.69 Å². The van der Waals surface area contributed by atoms with Crippen LogP contribution in [0.4, 0.5) is 5.69 Å². The minimum atomic E-state index is -0.509. The molecule has 1 aliphatic rings. The predicted molar refractivity (Wildman–Crippen MR) is 85.2 cm³/mol. The smallest absolute Gasteiger partial charge is 0.262 e. The van der Waals surface area contributed by atoms with Crippen LogP contribution in [0.2, 0.25) is 0 Å². The molecule has 3 rings (SSSR count). The molecule has 0 spiro atoms. The van der Waals surface area contributed by atoms with Crippen LogP contribution in [0.15, 0.2) is 47.5 Å². The van der Waals surface area contributed by atoms with Crippen LogP contribution in [0, 0.1) is 0 Å². The van der Waals surface area contributed by atoms with E-state index in [4.69, 9.17) is 5.73 Å². The zero-order valence-corrected chi connectivity index (χ0v) is 11.9. The third-order valence-corrected chi connectivity index (χ3v) is 4.15. The fourth-order valence-corrected chi connectivity index (χ4v) is 3.00. The van der Waals surface area contributed by atoms with Crippen molar-refractivity contribution in [1.29, 1.82) is 0 Å². The number of fused-ring (bicyclic) bond motifs is 1. The van der Waals surface area contributed by atoms with Crippen molar-refractivity contribution in [1.82, 2.24) is 0 Å². The first kappa shape index (κ1) is 13.6. The van der Waals surface area contributed by atoms with E-state index in [9.17, 15) is 9.59 Å². The van der Waals surface area contributed by atoms with E-state index in [1.807, 2.05) is 42.5 Å². The molecule has 1 atom stereocenters. The van der Waals surface area contributed by atoms with Crippen LogP contribution in [0.1, 0.15) is 6.42 Å². The Morgan fingerprint density at radius 1 is 1.24 bits per heavy atom. The van der Waals surface area contributed by atoms with Crippen LogP contribution in [0.25, 0.3) is 10.8 Å². The standard InChI is InChI=1S/C15H13N3O2S/c16-15-18-14(20)12(21-15)8-13(19)17-11-6-5-9-3-1-2-4-10(9)7-11/h1-7,12H,8H2,(H,17,19)(H2,16,18,20)/t12-/m1/s1. The van der Waals surface area contributed by atoms with Crippen molar-refractivity contribution in [3.8, 4) is 0 Å². The van der Waals surface area contributed by atoms with Gasteiger partial charge in [0, 0.05) is 12.1 Å². The summed E-state index contributed by atoms with van der Waals surface area (Å²) in [5.74, 6) is -0.563. The highest BCUT2D eigenvalue weighted by molar-refractivity contribution is 8.15. The summed E-state index contributed by atoms with van der Waals surface area (Å²) in [7, 11) is 0. The maximum absolute atomic E-state index is 12.0.